The van der Waals surface area contributed by atoms with Crippen LogP contribution in [0.2, 0.25) is 0 Å². The number of phenolic OH excluding ortho intramolecular Hbond substituents is 1. The van der Waals surface area contributed by atoms with E-state index in [1.807, 2.05) is 11.8 Å². The summed E-state index contributed by atoms with van der Waals surface area (Å²) in [4.78, 5) is 14.5. The van der Waals surface area contributed by atoms with Crippen LogP contribution in [0.25, 0.3) is 0 Å². The summed E-state index contributed by atoms with van der Waals surface area (Å²) in [5, 5.41) is 9.42. The van der Waals surface area contributed by atoms with Crippen LogP contribution < -0.4 is 0 Å². The highest BCUT2D eigenvalue weighted by Crippen LogP contribution is 2.37. The normalized spacial score (nSPS) is 17.7. The van der Waals surface area contributed by atoms with Crippen molar-refractivity contribution in [3.05, 3.63) is 29.3 Å². The van der Waals surface area contributed by atoms with Crippen LogP contribution in [-0.4, -0.2) is 29.0 Å². The number of phenols is 1. The van der Waals surface area contributed by atoms with Crippen molar-refractivity contribution in [2.24, 2.45) is 5.41 Å². The lowest BCUT2D eigenvalue weighted by Crippen LogP contribution is -2.32. The second kappa shape index (κ2) is 5.24. The lowest BCUT2D eigenvalue weighted by atomic mass is 9.82. The Morgan fingerprint density at radius 1 is 1.37 bits per heavy atom. The van der Waals surface area contributed by atoms with Gasteiger partial charge in [0.2, 0.25) is 0 Å². The number of benzene rings is 1. The zero-order valence-corrected chi connectivity index (χ0v) is 12.1. The summed E-state index contributed by atoms with van der Waals surface area (Å²) >= 11 is 0. The molecule has 19 heavy (non-hydrogen) atoms. The van der Waals surface area contributed by atoms with Gasteiger partial charge in [-0.15, -0.1) is 0 Å². The number of aromatic hydroxyl groups is 1. The molecule has 104 valence electrons. The van der Waals surface area contributed by atoms with Crippen LogP contribution in [0, 0.1) is 12.3 Å². The van der Waals surface area contributed by atoms with Gasteiger partial charge in [-0.25, -0.2) is 0 Å². The average molecular weight is 261 g/mol. The number of likely N-dealkylation sites (tertiary alicyclic amines) is 1. The molecule has 0 atom stereocenters. The van der Waals surface area contributed by atoms with Crippen molar-refractivity contribution in [2.75, 3.05) is 13.1 Å². The van der Waals surface area contributed by atoms with E-state index in [4.69, 9.17) is 0 Å². The number of carbonyl (C=O) groups excluding carboxylic acids is 1. The van der Waals surface area contributed by atoms with E-state index in [0.29, 0.717) is 11.0 Å². The number of aryl methyl sites for hydroxylation is 1. The van der Waals surface area contributed by atoms with Crippen molar-refractivity contribution in [1.29, 1.82) is 0 Å². The molecule has 0 radical (unpaired) electrons. The van der Waals surface area contributed by atoms with Crippen LogP contribution in [0.3, 0.4) is 0 Å². The van der Waals surface area contributed by atoms with E-state index in [-0.39, 0.29) is 11.7 Å². The van der Waals surface area contributed by atoms with Crippen LogP contribution in [0.15, 0.2) is 18.2 Å². The Balaban J connectivity index is 2.17. The third kappa shape index (κ3) is 2.60. The molecular weight excluding hydrogens is 238 g/mol. The molecule has 0 saturated carbocycles. The molecule has 1 heterocycles. The standard InChI is InChI=1S/C16H23NO2/c1-4-16(5-2)8-9-17(11-16)15(19)14-7-6-13(18)10-12(14)3/h6-7,10,18H,4-5,8-9,11H2,1-3H3. The number of hydrogen-bond donors (Lipinski definition) is 1. The average Bonchev–Trinajstić information content (AvgIpc) is 2.83. The zero-order valence-electron chi connectivity index (χ0n) is 12.1. The third-order valence-electron chi connectivity index (χ3n) is 4.67. The first-order chi connectivity index (χ1) is 9.01. The van der Waals surface area contributed by atoms with Gasteiger partial charge in [0.1, 0.15) is 5.75 Å². The summed E-state index contributed by atoms with van der Waals surface area (Å²) in [5.41, 5.74) is 1.86. The number of hydrogen-bond acceptors (Lipinski definition) is 2. The second-order valence-electron chi connectivity index (χ2n) is 5.68. The van der Waals surface area contributed by atoms with Gasteiger partial charge in [0, 0.05) is 18.7 Å². The Morgan fingerprint density at radius 2 is 2.05 bits per heavy atom. The minimum Gasteiger partial charge on any atom is -0.508 e. The van der Waals surface area contributed by atoms with Gasteiger partial charge in [-0.3, -0.25) is 4.79 Å². The van der Waals surface area contributed by atoms with Gasteiger partial charge in [0.05, 0.1) is 0 Å². The van der Waals surface area contributed by atoms with E-state index < -0.39 is 0 Å². The topological polar surface area (TPSA) is 40.5 Å². The molecule has 2 rings (SSSR count). The van der Waals surface area contributed by atoms with Gasteiger partial charge in [-0.2, -0.15) is 0 Å². The Bertz CT molecular complexity index is 478. The second-order valence-corrected chi connectivity index (χ2v) is 5.68. The zero-order chi connectivity index (χ0) is 14.0. The maximum Gasteiger partial charge on any atom is 0.254 e. The number of rotatable bonds is 3. The van der Waals surface area contributed by atoms with E-state index in [0.717, 1.165) is 37.9 Å². The maximum atomic E-state index is 12.5. The van der Waals surface area contributed by atoms with Crippen molar-refractivity contribution in [3.63, 3.8) is 0 Å². The van der Waals surface area contributed by atoms with Gasteiger partial charge in [0.25, 0.3) is 5.91 Å². The predicted molar refractivity (Wildman–Crippen MR) is 76.4 cm³/mol. The highest BCUT2D eigenvalue weighted by atomic mass is 16.3. The number of carbonyl (C=O) groups is 1. The number of nitrogens with zero attached hydrogens (tertiary/aromatic N) is 1. The summed E-state index contributed by atoms with van der Waals surface area (Å²) in [6.07, 6.45) is 3.35. The lowest BCUT2D eigenvalue weighted by Gasteiger charge is -2.26. The van der Waals surface area contributed by atoms with Crippen molar-refractivity contribution in [3.8, 4) is 5.75 Å². The van der Waals surface area contributed by atoms with E-state index in [9.17, 15) is 9.90 Å². The summed E-state index contributed by atoms with van der Waals surface area (Å²) < 4.78 is 0. The fourth-order valence-corrected chi connectivity index (χ4v) is 2.99. The highest BCUT2D eigenvalue weighted by molar-refractivity contribution is 5.96. The molecular formula is C16H23NO2. The molecule has 0 unspecified atom stereocenters. The van der Waals surface area contributed by atoms with Crippen LogP contribution >= 0.6 is 0 Å². The molecule has 1 aliphatic heterocycles. The largest absolute Gasteiger partial charge is 0.508 e. The Labute approximate surface area is 115 Å². The molecule has 1 aliphatic rings. The lowest BCUT2D eigenvalue weighted by molar-refractivity contribution is 0.0769. The molecule has 1 fully saturated rings. The van der Waals surface area contributed by atoms with Crippen molar-refractivity contribution in [1.82, 2.24) is 4.90 Å². The number of amides is 1. The van der Waals surface area contributed by atoms with Crippen LogP contribution in [0.4, 0.5) is 0 Å². The highest BCUT2D eigenvalue weighted by Gasteiger charge is 2.37. The van der Waals surface area contributed by atoms with Crippen LogP contribution in [-0.2, 0) is 0 Å². The van der Waals surface area contributed by atoms with E-state index in [1.165, 1.54) is 0 Å². The van der Waals surface area contributed by atoms with E-state index >= 15 is 0 Å². The fraction of sp³-hybridized carbons (Fsp3) is 0.562. The van der Waals surface area contributed by atoms with E-state index in [1.54, 1.807) is 18.2 Å². The molecule has 1 aromatic rings. The molecule has 0 spiro atoms. The summed E-state index contributed by atoms with van der Waals surface area (Å²) in [6, 6.07) is 4.96. The molecule has 3 nitrogen and oxygen atoms in total. The summed E-state index contributed by atoms with van der Waals surface area (Å²) in [5.74, 6) is 0.313. The molecule has 0 aliphatic carbocycles. The monoisotopic (exact) mass is 261 g/mol. The molecule has 0 aromatic heterocycles. The SMILES string of the molecule is CCC1(CC)CCN(C(=O)c2ccc(O)cc2C)C1. The van der Waals surface area contributed by atoms with E-state index in [2.05, 4.69) is 13.8 Å². The van der Waals surface area contributed by atoms with Gasteiger partial charge in [-0.05, 0) is 55.4 Å². The van der Waals surface area contributed by atoms with Gasteiger partial charge < -0.3 is 10.0 Å². The minimum absolute atomic E-state index is 0.0984. The molecule has 1 saturated heterocycles. The summed E-state index contributed by atoms with van der Waals surface area (Å²) in [7, 11) is 0. The molecule has 1 aromatic carbocycles. The van der Waals surface area contributed by atoms with Gasteiger partial charge >= 0.3 is 0 Å². The first-order valence-corrected chi connectivity index (χ1v) is 7.10. The third-order valence-corrected chi connectivity index (χ3v) is 4.67. The van der Waals surface area contributed by atoms with Crippen molar-refractivity contribution in [2.45, 2.75) is 40.0 Å². The Hall–Kier alpha value is -1.51. The fourth-order valence-electron chi connectivity index (χ4n) is 2.99. The first kappa shape index (κ1) is 13.9. The molecule has 0 bridgehead atoms. The van der Waals surface area contributed by atoms with Crippen molar-refractivity contribution >= 4 is 5.91 Å². The van der Waals surface area contributed by atoms with Gasteiger partial charge in [0.15, 0.2) is 0 Å². The minimum atomic E-state index is 0.0984. The maximum absolute atomic E-state index is 12.5. The molecule has 1 N–H and O–H groups in total. The van der Waals surface area contributed by atoms with Crippen LogP contribution in [0.5, 0.6) is 5.75 Å². The van der Waals surface area contributed by atoms with Crippen molar-refractivity contribution < 1.29 is 9.90 Å². The molecule has 1 amide bonds. The predicted octanol–water partition coefficient (Wildman–Crippen LogP) is 3.35. The van der Waals surface area contributed by atoms with Gasteiger partial charge in [-0.1, -0.05) is 13.8 Å². The Morgan fingerprint density at radius 3 is 2.58 bits per heavy atom. The quantitative estimate of drug-likeness (QED) is 0.906. The summed E-state index contributed by atoms with van der Waals surface area (Å²) in [6.45, 7) is 8.00. The molecule has 3 heteroatoms. The van der Waals surface area contributed by atoms with Crippen LogP contribution in [0.1, 0.15) is 49.0 Å². The first-order valence-electron chi connectivity index (χ1n) is 7.10. The smallest absolute Gasteiger partial charge is 0.254 e. The Kier molecular flexibility index (Phi) is 3.83.